The Morgan fingerprint density at radius 2 is 1.57 bits per heavy atom. The number of nitrogens with zero attached hydrogens (tertiary/aromatic N) is 4. The Balaban J connectivity index is 1.29. The molecule has 13 heteroatoms. The highest BCUT2D eigenvalue weighted by Gasteiger charge is 2.37. The number of hydrogen-bond acceptors (Lipinski definition) is 9. The number of nitrogen functional groups attached to an aromatic ring is 2. The summed E-state index contributed by atoms with van der Waals surface area (Å²) < 4.78 is 6.50. The van der Waals surface area contributed by atoms with Gasteiger partial charge in [-0.25, -0.2) is 14.8 Å². The van der Waals surface area contributed by atoms with Gasteiger partial charge in [0.1, 0.15) is 0 Å². The molecule has 12 nitrogen and oxygen atoms in total. The van der Waals surface area contributed by atoms with E-state index in [9.17, 15) is 14.4 Å². The molecule has 0 saturated carbocycles. The van der Waals surface area contributed by atoms with Crippen molar-refractivity contribution in [1.82, 2.24) is 25.1 Å². The van der Waals surface area contributed by atoms with Crippen LogP contribution in [0.3, 0.4) is 0 Å². The summed E-state index contributed by atoms with van der Waals surface area (Å²) in [4.78, 5) is 52.4. The second kappa shape index (κ2) is 16.6. The maximum Gasteiger partial charge on any atom is 0.410 e. The Morgan fingerprint density at radius 1 is 0.943 bits per heavy atom. The van der Waals surface area contributed by atoms with Gasteiger partial charge in [-0.05, 0) is 67.2 Å². The summed E-state index contributed by atoms with van der Waals surface area (Å²) in [6, 6.07) is 23.8. The molecule has 3 aromatic carbocycles. The zero-order valence-electron chi connectivity index (χ0n) is 30.1. The molecule has 1 aromatic heterocycles. The monoisotopic (exact) mass is 738 g/mol. The van der Waals surface area contributed by atoms with Gasteiger partial charge in [0.05, 0.1) is 0 Å². The Hall–Kier alpha value is -5.20. The molecule has 2 heterocycles. The molecule has 3 amide bonds. The summed E-state index contributed by atoms with van der Waals surface area (Å²) in [6.45, 7) is 6.06. The first-order chi connectivity index (χ1) is 25.5. The van der Waals surface area contributed by atoms with Crippen molar-refractivity contribution in [2.24, 2.45) is 17.6 Å². The number of aromatic nitrogens is 2. The van der Waals surface area contributed by atoms with Gasteiger partial charge in [0, 0.05) is 56.3 Å². The minimum absolute atomic E-state index is 0.0511. The Morgan fingerprint density at radius 3 is 2.21 bits per heavy atom. The predicted octanol–water partition coefficient (Wildman–Crippen LogP) is 5.38. The fourth-order valence-corrected chi connectivity index (χ4v) is 7.66. The van der Waals surface area contributed by atoms with E-state index in [1.54, 1.807) is 0 Å². The fraction of sp³-hybridized carbons (Fsp3) is 0.375. The van der Waals surface area contributed by atoms with Crippen LogP contribution in [0.5, 0.6) is 0 Å². The molecule has 4 aromatic rings. The Bertz CT molecular complexity index is 1920. The number of rotatable bonds is 12. The lowest BCUT2D eigenvalue weighted by Crippen LogP contribution is -2.50. The molecule has 0 bridgehead atoms. The van der Waals surface area contributed by atoms with Crippen LogP contribution in [0.1, 0.15) is 65.0 Å². The van der Waals surface area contributed by atoms with Crippen LogP contribution in [0.15, 0.2) is 72.8 Å². The topological polar surface area (TPSA) is 183 Å². The van der Waals surface area contributed by atoms with Crippen molar-refractivity contribution < 1.29 is 19.1 Å². The van der Waals surface area contributed by atoms with Gasteiger partial charge in [0.15, 0.2) is 28.6 Å². The second-order valence-corrected chi connectivity index (χ2v) is 14.3. The van der Waals surface area contributed by atoms with Crippen LogP contribution < -0.4 is 22.5 Å². The predicted molar refractivity (Wildman–Crippen MR) is 206 cm³/mol. The van der Waals surface area contributed by atoms with E-state index in [0.717, 1.165) is 46.2 Å². The molecule has 0 spiro atoms. The number of nitrogens with two attached hydrogens (primary N) is 3. The van der Waals surface area contributed by atoms with Gasteiger partial charge in [-0.2, -0.15) is 0 Å². The van der Waals surface area contributed by atoms with Crippen molar-refractivity contribution in [2.45, 2.75) is 51.7 Å². The maximum atomic E-state index is 14.7. The summed E-state index contributed by atoms with van der Waals surface area (Å²) in [5.41, 5.74) is 23.4. The number of likely N-dealkylation sites (tertiary alicyclic amines) is 1. The summed E-state index contributed by atoms with van der Waals surface area (Å²) in [7, 11) is 0. The number of piperidine rings is 1. The molecular formula is C40H47ClN8O4. The zero-order valence-corrected chi connectivity index (χ0v) is 30.9. The first-order valence-corrected chi connectivity index (χ1v) is 18.5. The van der Waals surface area contributed by atoms with E-state index in [0.29, 0.717) is 32.5 Å². The average molecular weight is 739 g/mol. The van der Waals surface area contributed by atoms with Crippen molar-refractivity contribution in [2.75, 3.05) is 44.2 Å². The number of hydrogen-bond donors (Lipinski definition) is 4. The molecule has 2 atom stereocenters. The molecule has 6 rings (SSSR count). The molecule has 1 fully saturated rings. The number of anilines is 2. The summed E-state index contributed by atoms with van der Waals surface area (Å²) in [5, 5.41) is 2.85. The van der Waals surface area contributed by atoms with E-state index in [4.69, 9.17) is 33.5 Å². The maximum absolute atomic E-state index is 14.7. The molecule has 1 aliphatic carbocycles. The van der Waals surface area contributed by atoms with Gasteiger partial charge >= 0.3 is 6.09 Å². The third-order valence-electron chi connectivity index (χ3n) is 10.6. The molecule has 7 N–H and O–H groups in total. The van der Waals surface area contributed by atoms with E-state index < -0.39 is 18.1 Å². The quantitative estimate of drug-likeness (QED) is 0.148. The fourth-order valence-electron chi connectivity index (χ4n) is 7.54. The van der Waals surface area contributed by atoms with Crippen molar-refractivity contribution in [1.29, 1.82) is 0 Å². The lowest BCUT2D eigenvalue weighted by atomic mass is 9.88. The lowest BCUT2D eigenvalue weighted by Gasteiger charge is -2.41. The average Bonchev–Trinajstić information content (AvgIpc) is 3.47. The third-order valence-corrected chi connectivity index (χ3v) is 10.8. The van der Waals surface area contributed by atoms with E-state index in [2.05, 4.69) is 40.4 Å². The molecule has 53 heavy (non-hydrogen) atoms. The molecule has 1 unspecified atom stereocenters. The van der Waals surface area contributed by atoms with Crippen molar-refractivity contribution in [3.05, 3.63) is 106 Å². The number of amides is 3. The first-order valence-electron chi connectivity index (χ1n) is 18.1. The van der Waals surface area contributed by atoms with Crippen LogP contribution in [0, 0.1) is 18.8 Å². The van der Waals surface area contributed by atoms with Crippen LogP contribution in [0.2, 0.25) is 5.15 Å². The first kappa shape index (κ1) is 37.6. The summed E-state index contributed by atoms with van der Waals surface area (Å²) >= 11 is 6.09. The molecule has 1 saturated heterocycles. The van der Waals surface area contributed by atoms with Gasteiger partial charge in [0.25, 0.3) is 5.91 Å². The second-order valence-electron chi connectivity index (χ2n) is 13.9. The summed E-state index contributed by atoms with van der Waals surface area (Å²) in [6.07, 6.45) is 1.31. The number of fused-ring (bicyclic) bond motifs is 3. The Labute approximate surface area is 315 Å². The van der Waals surface area contributed by atoms with Crippen molar-refractivity contribution in [3.8, 4) is 11.1 Å². The van der Waals surface area contributed by atoms with E-state index in [-0.39, 0.29) is 59.4 Å². The van der Waals surface area contributed by atoms with E-state index >= 15 is 0 Å². The van der Waals surface area contributed by atoms with Gasteiger partial charge < -0.3 is 37.1 Å². The zero-order chi connectivity index (χ0) is 37.6. The highest BCUT2D eigenvalue weighted by molar-refractivity contribution is 6.31. The van der Waals surface area contributed by atoms with Gasteiger partial charge in [-0.15, -0.1) is 0 Å². The van der Waals surface area contributed by atoms with Crippen LogP contribution in [0.25, 0.3) is 11.1 Å². The van der Waals surface area contributed by atoms with E-state index in [1.165, 1.54) is 0 Å². The smallest absolute Gasteiger partial charge is 0.410 e. The molecule has 0 radical (unpaired) electrons. The number of aryl methyl sites for hydroxylation is 1. The van der Waals surface area contributed by atoms with Crippen LogP contribution >= 0.6 is 11.6 Å². The minimum atomic E-state index is -0.577. The number of nitrogens with one attached hydrogen (secondary N) is 1. The Kier molecular flexibility index (Phi) is 11.8. The van der Waals surface area contributed by atoms with Crippen LogP contribution in [-0.2, 0) is 16.0 Å². The van der Waals surface area contributed by atoms with Crippen LogP contribution in [-0.4, -0.2) is 76.4 Å². The van der Waals surface area contributed by atoms with Crippen LogP contribution in [0.4, 0.5) is 16.4 Å². The largest absolute Gasteiger partial charge is 0.436 e. The lowest BCUT2D eigenvalue weighted by molar-refractivity contribution is -0.132. The van der Waals surface area contributed by atoms with Gasteiger partial charge in [0.2, 0.25) is 5.91 Å². The van der Waals surface area contributed by atoms with E-state index in [1.807, 2.05) is 71.3 Å². The number of carbonyl (C=O) groups is 3. The molecule has 1 aliphatic heterocycles. The molecule has 278 valence electrons. The highest BCUT2D eigenvalue weighted by atomic mass is 35.5. The van der Waals surface area contributed by atoms with Crippen molar-refractivity contribution in [3.63, 3.8) is 0 Å². The number of benzene rings is 3. The number of halogens is 1. The van der Waals surface area contributed by atoms with Gasteiger partial charge in [-0.3, -0.25) is 9.59 Å². The summed E-state index contributed by atoms with van der Waals surface area (Å²) in [5.74, 6) is -0.843. The standard InChI is InChI=1S/C40H47ClN8O4/c1-24-9-3-4-10-28(24)21-26(22-45-39(51)34-37(43)47-38(44)36(41)46-34)23-49(25(2)27-16-19-48(20-17-27)33(50)15-18-42)40(52)53-35-31-13-7-5-11-29(31)30-12-6-8-14-32(30)35/h3-14,25-27,35H,15-23,42H2,1-2H3,(H,45,51)(H4,43,44,47)/t25?,26-/m0/s1. The SMILES string of the molecule is Cc1ccccc1C[C@@H](CNC(=O)c1nc(Cl)c(N)nc1N)CN(C(=O)OC1c2ccccc2-c2ccccc21)C(C)C1CCN(C(=O)CCN)CC1. The highest BCUT2D eigenvalue weighted by Crippen LogP contribution is 2.45. The normalized spacial score (nSPS) is 15.3. The molecule has 2 aliphatic rings. The molecular weight excluding hydrogens is 692 g/mol. The van der Waals surface area contributed by atoms with Crippen molar-refractivity contribution >= 4 is 41.1 Å². The number of carbonyl (C=O) groups excluding carboxylic acids is 3. The van der Waals surface area contributed by atoms with Gasteiger partial charge in [-0.1, -0.05) is 84.4 Å². The third kappa shape index (κ3) is 8.39. The minimum Gasteiger partial charge on any atom is -0.436 e. The number of ether oxygens (including phenoxy) is 1.